The summed E-state index contributed by atoms with van der Waals surface area (Å²) in [6.45, 7) is 1.60. The largest absolute Gasteiger partial charge is 0.454 e. The minimum Gasteiger partial charge on any atom is -0.454 e. The molecule has 1 saturated heterocycles. The first-order valence-corrected chi connectivity index (χ1v) is 11.4. The summed E-state index contributed by atoms with van der Waals surface area (Å²) in [6, 6.07) is 12.7. The molecule has 2 aromatic carbocycles. The Hall–Kier alpha value is -2.55. The van der Waals surface area contributed by atoms with Crippen LogP contribution >= 0.6 is 23.4 Å². The number of hydrogen-bond acceptors (Lipinski definition) is 7. The number of thioether (sulfide) groups is 1. The molecule has 0 amide bonds. The highest BCUT2D eigenvalue weighted by Crippen LogP contribution is 2.33. The molecule has 1 atom stereocenters. The van der Waals surface area contributed by atoms with Gasteiger partial charge in [0.25, 0.3) is 0 Å². The van der Waals surface area contributed by atoms with E-state index < -0.39 is 0 Å². The smallest absolute Gasteiger partial charge is 0.231 e. The third kappa shape index (κ3) is 4.42. The number of halogens is 1. The minimum absolute atomic E-state index is 0.0111. The topological polar surface area (TPSA) is 75.5 Å². The molecule has 9 heteroatoms. The molecule has 7 nitrogen and oxygen atoms in total. The molecule has 1 aromatic heterocycles. The maximum atomic E-state index is 12.8. The first kappa shape index (κ1) is 20.4. The van der Waals surface area contributed by atoms with Gasteiger partial charge >= 0.3 is 0 Å². The standard InChI is InChI=1S/C22H20ClN3O4S/c23-16-6-3-14(4-7-16)21-24-25-22(26(21)11-17-2-1-9-28-17)31-12-18(27)15-5-8-19-20(10-15)30-13-29-19/h3-8,10,17H,1-2,9,11-13H2/t17-/m0/s1. The van der Waals surface area contributed by atoms with Crippen LogP contribution in [-0.4, -0.2) is 45.8 Å². The number of benzene rings is 2. The number of ketones is 1. The molecule has 5 rings (SSSR count). The Morgan fingerprint density at radius 1 is 1.13 bits per heavy atom. The zero-order valence-corrected chi connectivity index (χ0v) is 18.2. The van der Waals surface area contributed by atoms with Gasteiger partial charge in [0.1, 0.15) is 0 Å². The number of carbonyl (C=O) groups is 1. The van der Waals surface area contributed by atoms with Crippen molar-refractivity contribution in [2.75, 3.05) is 19.2 Å². The lowest BCUT2D eigenvalue weighted by Crippen LogP contribution is -2.17. The van der Waals surface area contributed by atoms with E-state index in [-0.39, 0.29) is 24.4 Å². The van der Waals surface area contributed by atoms with Gasteiger partial charge in [0.05, 0.1) is 18.4 Å². The van der Waals surface area contributed by atoms with Crippen LogP contribution in [0.25, 0.3) is 11.4 Å². The Labute approximate surface area is 188 Å². The van der Waals surface area contributed by atoms with Crippen molar-refractivity contribution in [2.45, 2.75) is 30.6 Å². The Kier molecular flexibility index (Phi) is 5.85. The summed E-state index contributed by atoms with van der Waals surface area (Å²) >= 11 is 7.41. The van der Waals surface area contributed by atoms with Gasteiger partial charge in [0.15, 0.2) is 28.3 Å². The van der Waals surface area contributed by atoms with Crippen LogP contribution in [0.15, 0.2) is 47.6 Å². The number of nitrogens with zero attached hydrogens (tertiary/aromatic N) is 3. The normalized spacial score (nSPS) is 17.3. The van der Waals surface area contributed by atoms with Crippen molar-refractivity contribution >= 4 is 29.1 Å². The fourth-order valence-corrected chi connectivity index (χ4v) is 4.62. The van der Waals surface area contributed by atoms with E-state index in [1.165, 1.54) is 11.8 Å². The lowest BCUT2D eigenvalue weighted by Gasteiger charge is -2.14. The number of carbonyl (C=O) groups excluding carboxylic acids is 1. The Morgan fingerprint density at radius 3 is 2.77 bits per heavy atom. The van der Waals surface area contributed by atoms with Crippen molar-refractivity contribution in [3.63, 3.8) is 0 Å². The maximum Gasteiger partial charge on any atom is 0.231 e. The van der Waals surface area contributed by atoms with Gasteiger partial charge in [-0.1, -0.05) is 23.4 Å². The molecule has 2 aliphatic rings. The molecule has 3 aromatic rings. The van der Waals surface area contributed by atoms with Crippen LogP contribution in [0, 0.1) is 0 Å². The number of rotatable bonds is 7. The van der Waals surface area contributed by atoms with E-state index in [2.05, 4.69) is 10.2 Å². The first-order chi connectivity index (χ1) is 15.2. The van der Waals surface area contributed by atoms with Crippen molar-refractivity contribution in [1.82, 2.24) is 14.8 Å². The molecule has 0 N–H and O–H groups in total. The van der Waals surface area contributed by atoms with Crippen LogP contribution in [0.4, 0.5) is 0 Å². The highest BCUT2D eigenvalue weighted by molar-refractivity contribution is 7.99. The van der Waals surface area contributed by atoms with Gasteiger partial charge in [-0.15, -0.1) is 10.2 Å². The predicted molar refractivity (Wildman–Crippen MR) is 117 cm³/mol. The number of ether oxygens (including phenoxy) is 3. The average molecular weight is 458 g/mol. The van der Waals surface area contributed by atoms with E-state index in [1.807, 2.05) is 28.8 Å². The molecule has 31 heavy (non-hydrogen) atoms. The molecule has 0 spiro atoms. The SMILES string of the molecule is O=C(CSc1nnc(-c2ccc(Cl)cc2)n1C[C@@H]1CCCO1)c1ccc2c(c1)OCO2. The molecule has 0 unspecified atom stereocenters. The van der Waals surface area contributed by atoms with Crippen LogP contribution in [0.5, 0.6) is 11.5 Å². The Morgan fingerprint density at radius 2 is 1.97 bits per heavy atom. The summed E-state index contributed by atoms with van der Waals surface area (Å²) in [6.07, 6.45) is 2.16. The van der Waals surface area contributed by atoms with E-state index in [0.717, 1.165) is 30.8 Å². The lowest BCUT2D eigenvalue weighted by molar-refractivity contribution is 0.0953. The molecule has 1 fully saturated rings. The number of Topliss-reactive ketones (excluding diaryl/α,β-unsaturated/α-hetero) is 1. The Balaban J connectivity index is 1.36. The second kappa shape index (κ2) is 8.90. The molecular formula is C22H20ClN3O4S. The van der Waals surface area contributed by atoms with Crippen LogP contribution < -0.4 is 9.47 Å². The van der Waals surface area contributed by atoms with Crippen LogP contribution in [-0.2, 0) is 11.3 Å². The maximum absolute atomic E-state index is 12.8. The second-order valence-electron chi connectivity index (χ2n) is 7.34. The van der Waals surface area contributed by atoms with Crippen molar-refractivity contribution in [3.05, 3.63) is 53.1 Å². The highest BCUT2D eigenvalue weighted by atomic mass is 35.5. The van der Waals surface area contributed by atoms with Gasteiger partial charge in [-0.3, -0.25) is 9.36 Å². The van der Waals surface area contributed by atoms with Crippen molar-refractivity contribution < 1.29 is 19.0 Å². The zero-order valence-electron chi connectivity index (χ0n) is 16.6. The Bertz CT molecular complexity index is 1100. The third-order valence-electron chi connectivity index (χ3n) is 5.26. The van der Waals surface area contributed by atoms with E-state index in [1.54, 1.807) is 18.2 Å². The van der Waals surface area contributed by atoms with E-state index in [4.69, 9.17) is 25.8 Å². The lowest BCUT2D eigenvalue weighted by atomic mass is 10.1. The summed E-state index contributed by atoms with van der Waals surface area (Å²) < 4.78 is 18.6. The molecule has 160 valence electrons. The predicted octanol–water partition coefficient (Wildman–Crippen LogP) is 4.48. The van der Waals surface area contributed by atoms with Crippen LogP contribution in [0.3, 0.4) is 0 Å². The van der Waals surface area contributed by atoms with Crippen molar-refractivity contribution in [3.8, 4) is 22.9 Å². The number of aromatic nitrogens is 3. The summed E-state index contributed by atoms with van der Waals surface area (Å²) in [4.78, 5) is 12.8. The van der Waals surface area contributed by atoms with Gasteiger partial charge < -0.3 is 14.2 Å². The molecule has 0 radical (unpaired) electrons. The van der Waals surface area contributed by atoms with E-state index in [0.29, 0.717) is 33.8 Å². The molecule has 0 saturated carbocycles. The van der Waals surface area contributed by atoms with Crippen LogP contribution in [0.1, 0.15) is 23.2 Å². The summed E-state index contributed by atoms with van der Waals surface area (Å²) in [5, 5.41) is 10.1. The fraction of sp³-hybridized carbons (Fsp3) is 0.318. The molecule has 0 aliphatic carbocycles. The van der Waals surface area contributed by atoms with Gasteiger partial charge in [0.2, 0.25) is 6.79 Å². The highest BCUT2D eigenvalue weighted by Gasteiger charge is 2.23. The fourth-order valence-electron chi connectivity index (χ4n) is 3.65. The van der Waals surface area contributed by atoms with Gasteiger partial charge in [0, 0.05) is 22.8 Å². The number of hydrogen-bond donors (Lipinski definition) is 0. The van der Waals surface area contributed by atoms with Crippen LogP contribution in [0.2, 0.25) is 5.02 Å². The third-order valence-corrected chi connectivity index (χ3v) is 6.48. The quantitative estimate of drug-likeness (QED) is 0.382. The second-order valence-corrected chi connectivity index (χ2v) is 8.72. The monoisotopic (exact) mass is 457 g/mol. The minimum atomic E-state index is -0.0111. The van der Waals surface area contributed by atoms with E-state index in [9.17, 15) is 4.79 Å². The van der Waals surface area contributed by atoms with Crippen molar-refractivity contribution in [2.24, 2.45) is 0 Å². The van der Waals surface area contributed by atoms with Gasteiger partial charge in [-0.25, -0.2) is 0 Å². The zero-order chi connectivity index (χ0) is 21.2. The van der Waals surface area contributed by atoms with E-state index >= 15 is 0 Å². The van der Waals surface area contributed by atoms with Gasteiger partial charge in [-0.2, -0.15) is 0 Å². The van der Waals surface area contributed by atoms with Crippen molar-refractivity contribution in [1.29, 1.82) is 0 Å². The summed E-state index contributed by atoms with van der Waals surface area (Å²) in [5.74, 6) is 2.23. The first-order valence-electron chi connectivity index (χ1n) is 10.0. The summed E-state index contributed by atoms with van der Waals surface area (Å²) in [7, 11) is 0. The molecular weight excluding hydrogens is 438 g/mol. The van der Waals surface area contributed by atoms with Gasteiger partial charge in [-0.05, 0) is 55.3 Å². The number of fused-ring (bicyclic) bond motifs is 1. The molecule has 3 heterocycles. The average Bonchev–Trinajstić information content (AvgIpc) is 3.54. The molecule has 0 bridgehead atoms. The molecule has 2 aliphatic heterocycles. The summed E-state index contributed by atoms with van der Waals surface area (Å²) in [5.41, 5.74) is 1.50.